The first kappa shape index (κ1) is 13.8. The number of methoxy groups -OCH3 is 1. The highest BCUT2D eigenvalue weighted by molar-refractivity contribution is 7.86. The van der Waals surface area contributed by atoms with Gasteiger partial charge in [-0.15, -0.1) is 0 Å². The predicted molar refractivity (Wildman–Crippen MR) is 69.3 cm³/mol. The third-order valence-corrected chi connectivity index (χ3v) is 3.84. The van der Waals surface area contributed by atoms with Crippen LogP contribution in [0, 0.1) is 11.3 Å². The lowest BCUT2D eigenvalue weighted by Gasteiger charge is -2.31. The van der Waals surface area contributed by atoms with Crippen LogP contribution in [0.15, 0.2) is 18.2 Å². The van der Waals surface area contributed by atoms with E-state index in [9.17, 15) is 13.7 Å². The maximum atomic E-state index is 11.3. The standard InChI is InChI=1S/C13H15NO4S/c1-17-12-5-3-4-10-8-13(9-14,7-6-11(10)12)18-19(2,15)16/h3-5H,6-8H2,1-2H3. The monoisotopic (exact) mass is 281 g/mol. The predicted octanol–water partition coefficient (Wildman–Crippen LogP) is 1.42. The highest BCUT2D eigenvalue weighted by atomic mass is 32.2. The zero-order chi connectivity index (χ0) is 14.1. The first-order valence-corrected chi connectivity index (χ1v) is 7.67. The van der Waals surface area contributed by atoms with Crippen molar-refractivity contribution < 1.29 is 17.3 Å². The van der Waals surface area contributed by atoms with Gasteiger partial charge in [-0.1, -0.05) is 12.1 Å². The number of ether oxygens (including phenoxy) is 1. The fourth-order valence-corrected chi connectivity index (χ4v) is 3.21. The smallest absolute Gasteiger partial charge is 0.265 e. The van der Waals surface area contributed by atoms with Gasteiger partial charge in [-0.2, -0.15) is 13.7 Å². The summed E-state index contributed by atoms with van der Waals surface area (Å²) in [6, 6.07) is 7.56. The van der Waals surface area contributed by atoms with Gasteiger partial charge in [-0.25, -0.2) is 4.18 Å². The molecule has 5 nitrogen and oxygen atoms in total. The van der Waals surface area contributed by atoms with Gasteiger partial charge in [0.25, 0.3) is 10.1 Å². The molecule has 0 radical (unpaired) electrons. The zero-order valence-corrected chi connectivity index (χ0v) is 11.7. The van der Waals surface area contributed by atoms with Crippen LogP contribution in [0.4, 0.5) is 0 Å². The van der Waals surface area contributed by atoms with Crippen molar-refractivity contribution in [2.24, 2.45) is 0 Å². The molecular formula is C13H15NO4S. The minimum absolute atomic E-state index is 0.253. The van der Waals surface area contributed by atoms with Crippen LogP contribution < -0.4 is 4.74 Å². The van der Waals surface area contributed by atoms with E-state index in [1.165, 1.54) is 0 Å². The van der Waals surface area contributed by atoms with Crippen LogP contribution in [0.1, 0.15) is 17.5 Å². The molecule has 0 saturated heterocycles. The molecular weight excluding hydrogens is 266 g/mol. The van der Waals surface area contributed by atoms with E-state index < -0.39 is 15.7 Å². The molecule has 1 aromatic carbocycles. The molecule has 1 atom stereocenters. The molecule has 0 aliphatic heterocycles. The Morgan fingerprint density at radius 2 is 2.16 bits per heavy atom. The summed E-state index contributed by atoms with van der Waals surface area (Å²) in [5, 5.41) is 9.29. The fraction of sp³-hybridized carbons (Fsp3) is 0.462. The number of benzene rings is 1. The molecule has 0 fully saturated rings. The Bertz CT molecular complexity index is 633. The highest BCUT2D eigenvalue weighted by Crippen LogP contribution is 2.36. The molecule has 6 heteroatoms. The van der Waals surface area contributed by atoms with E-state index >= 15 is 0 Å². The van der Waals surface area contributed by atoms with Gasteiger partial charge in [-0.3, -0.25) is 0 Å². The average molecular weight is 281 g/mol. The second-order valence-electron chi connectivity index (χ2n) is 4.67. The van der Waals surface area contributed by atoms with Gasteiger partial charge < -0.3 is 4.74 Å². The zero-order valence-electron chi connectivity index (χ0n) is 10.8. The van der Waals surface area contributed by atoms with Crippen molar-refractivity contribution in [3.8, 4) is 11.8 Å². The summed E-state index contributed by atoms with van der Waals surface area (Å²) in [6.07, 6.45) is 2.11. The maximum Gasteiger partial charge on any atom is 0.265 e. The summed E-state index contributed by atoms with van der Waals surface area (Å²) in [5.74, 6) is 0.767. The Kier molecular flexibility index (Phi) is 3.52. The van der Waals surface area contributed by atoms with E-state index in [1.54, 1.807) is 7.11 Å². The molecule has 0 heterocycles. The summed E-state index contributed by atoms with van der Waals surface area (Å²) >= 11 is 0. The van der Waals surface area contributed by atoms with Gasteiger partial charge in [0.05, 0.1) is 19.4 Å². The fourth-order valence-electron chi connectivity index (χ4n) is 2.45. The highest BCUT2D eigenvalue weighted by Gasteiger charge is 2.39. The first-order valence-electron chi connectivity index (χ1n) is 5.86. The number of nitriles is 1. The van der Waals surface area contributed by atoms with Gasteiger partial charge in [-0.05, 0) is 30.0 Å². The molecule has 0 saturated carbocycles. The normalized spacial score (nSPS) is 22.4. The number of rotatable bonds is 3. The topological polar surface area (TPSA) is 76.4 Å². The molecule has 1 aromatic rings. The van der Waals surface area contributed by atoms with Crippen molar-refractivity contribution >= 4 is 10.1 Å². The van der Waals surface area contributed by atoms with Crippen molar-refractivity contribution in [3.63, 3.8) is 0 Å². The van der Waals surface area contributed by atoms with E-state index in [0.29, 0.717) is 12.8 Å². The lowest BCUT2D eigenvalue weighted by atomic mass is 9.81. The lowest BCUT2D eigenvalue weighted by molar-refractivity contribution is 0.121. The number of fused-ring (bicyclic) bond motifs is 1. The van der Waals surface area contributed by atoms with Crippen LogP contribution >= 0.6 is 0 Å². The largest absolute Gasteiger partial charge is 0.496 e. The van der Waals surface area contributed by atoms with Crippen molar-refractivity contribution in [1.82, 2.24) is 0 Å². The summed E-state index contributed by atoms with van der Waals surface area (Å²) in [6.45, 7) is 0. The Hall–Kier alpha value is -1.58. The number of hydrogen-bond donors (Lipinski definition) is 0. The first-order chi connectivity index (χ1) is 8.89. The lowest BCUT2D eigenvalue weighted by Crippen LogP contribution is -2.39. The molecule has 1 aliphatic rings. The summed E-state index contributed by atoms with van der Waals surface area (Å²) < 4.78 is 32.9. The molecule has 0 spiro atoms. The Morgan fingerprint density at radius 1 is 1.42 bits per heavy atom. The Labute approximate surface area is 112 Å². The molecule has 0 aromatic heterocycles. The molecule has 0 N–H and O–H groups in total. The number of hydrogen-bond acceptors (Lipinski definition) is 5. The van der Waals surface area contributed by atoms with Crippen molar-refractivity contribution in [3.05, 3.63) is 29.3 Å². The minimum atomic E-state index is -3.67. The van der Waals surface area contributed by atoms with Crippen LogP contribution in [-0.2, 0) is 27.1 Å². The van der Waals surface area contributed by atoms with Crippen LogP contribution in [0.5, 0.6) is 5.75 Å². The number of nitrogens with zero attached hydrogens (tertiary/aromatic N) is 1. The second kappa shape index (κ2) is 4.83. The molecule has 102 valence electrons. The molecule has 0 bridgehead atoms. The van der Waals surface area contributed by atoms with Gasteiger partial charge >= 0.3 is 0 Å². The van der Waals surface area contributed by atoms with E-state index in [-0.39, 0.29) is 6.42 Å². The second-order valence-corrected chi connectivity index (χ2v) is 6.24. The summed E-state index contributed by atoms with van der Waals surface area (Å²) in [7, 11) is -2.07. The molecule has 0 amide bonds. The third-order valence-electron chi connectivity index (χ3n) is 3.22. The van der Waals surface area contributed by atoms with Gasteiger partial charge in [0.2, 0.25) is 0 Å². The van der Waals surface area contributed by atoms with Crippen molar-refractivity contribution in [2.75, 3.05) is 13.4 Å². The Balaban J connectivity index is 2.38. The van der Waals surface area contributed by atoms with Crippen molar-refractivity contribution in [1.29, 1.82) is 5.26 Å². The van der Waals surface area contributed by atoms with Gasteiger partial charge in [0, 0.05) is 6.42 Å². The minimum Gasteiger partial charge on any atom is -0.496 e. The van der Waals surface area contributed by atoms with E-state index in [4.69, 9.17) is 8.92 Å². The van der Waals surface area contributed by atoms with Crippen LogP contribution in [0.2, 0.25) is 0 Å². The summed E-state index contributed by atoms with van der Waals surface area (Å²) in [4.78, 5) is 0. The molecule has 1 unspecified atom stereocenters. The Morgan fingerprint density at radius 3 is 2.74 bits per heavy atom. The van der Waals surface area contributed by atoms with Gasteiger partial charge in [0.1, 0.15) is 5.75 Å². The van der Waals surface area contributed by atoms with Crippen molar-refractivity contribution in [2.45, 2.75) is 24.9 Å². The maximum absolute atomic E-state index is 11.3. The van der Waals surface area contributed by atoms with Crippen LogP contribution in [0.25, 0.3) is 0 Å². The van der Waals surface area contributed by atoms with Gasteiger partial charge in [0.15, 0.2) is 5.60 Å². The SMILES string of the molecule is COc1cccc2c1CCC(C#N)(OS(C)(=O)=O)C2. The average Bonchev–Trinajstić information content (AvgIpc) is 2.35. The van der Waals surface area contributed by atoms with E-state index in [2.05, 4.69) is 0 Å². The van der Waals surface area contributed by atoms with E-state index in [1.807, 2.05) is 24.3 Å². The summed E-state index contributed by atoms with van der Waals surface area (Å²) in [5.41, 5.74) is 0.622. The molecule has 1 aliphatic carbocycles. The van der Waals surface area contributed by atoms with E-state index in [0.717, 1.165) is 23.1 Å². The molecule has 2 rings (SSSR count). The molecule has 19 heavy (non-hydrogen) atoms. The van der Waals surface area contributed by atoms with Crippen LogP contribution in [-0.4, -0.2) is 27.4 Å². The van der Waals surface area contributed by atoms with Crippen LogP contribution in [0.3, 0.4) is 0 Å². The third kappa shape index (κ3) is 2.88. The quantitative estimate of drug-likeness (QED) is 0.783.